The van der Waals surface area contributed by atoms with Crippen LogP contribution in [0.15, 0.2) is 53.3 Å². The Balaban J connectivity index is 0.000000747. The SMILES string of the molecule is CC(C)C.Cc1nc(C)c(C(=O)Nc2ccc(F)c(-c3nc4ncc(-c5ncccc5C)cn4n3)c2)o1. The van der Waals surface area contributed by atoms with Gasteiger partial charge in [0.15, 0.2) is 11.7 Å². The second-order valence-corrected chi connectivity index (χ2v) is 9.22. The molecule has 1 amide bonds. The molecule has 5 aromatic rings. The number of hydrogen-bond donors (Lipinski definition) is 1. The maximum Gasteiger partial charge on any atom is 0.293 e. The minimum absolute atomic E-state index is 0.103. The molecule has 0 fully saturated rings. The first kappa shape index (κ1) is 25.6. The fourth-order valence-corrected chi connectivity index (χ4v) is 3.51. The molecule has 0 atom stereocenters. The average Bonchev–Trinajstić information content (AvgIpc) is 3.42. The van der Waals surface area contributed by atoms with E-state index in [2.05, 4.69) is 51.1 Å². The van der Waals surface area contributed by atoms with E-state index in [4.69, 9.17) is 4.42 Å². The van der Waals surface area contributed by atoms with Crippen molar-refractivity contribution in [2.45, 2.75) is 41.5 Å². The molecule has 0 radical (unpaired) electrons. The normalized spacial score (nSPS) is 10.9. The lowest BCUT2D eigenvalue weighted by Crippen LogP contribution is -2.12. The molecule has 0 aliphatic rings. The van der Waals surface area contributed by atoms with Gasteiger partial charge in [-0.1, -0.05) is 26.8 Å². The summed E-state index contributed by atoms with van der Waals surface area (Å²) in [6, 6.07) is 7.97. The third-order valence-corrected chi connectivity index (χ3v) is 5.05. The molecule has 0 saturated heterocycles. The molecule has 4 heterocycles. The fourth-order valence-electron chi connectivity index (χ4n) is 3.51. The summed E-state index contributed by atoms with van der Waals surface area (Å²) in [6.07, 6.45) is 5.10. The number of fused-ring (bicyclic) bond motifs is 1. The second-order valence-electron chi connectivity index (χ2n) is 9.22. The largest absolute Gasteiger partial charge is 0.436 e. The van der Waals surface area contributed by atoms with Crippen LogP contribution in [0.3, 0.4) is 0 Å². The van der Waals surface area contributed by atoms with Crippen molar-refractivity contribution in [1.29, 1.82) is 0 Å². The Labute approximate surface area is 213 Å². The Kier molecular flexibility index (Phi) is 7.37. The van der Waals surface area contributed by atoms with E-state index in [1.54, 1.807) is 32.4 Å². The molecule has 0 unspecified atom stereocenters. The van der Waals surface area contributed by atoms with Gasteiger partial charge in [-0.15, -0.1) is 5.10 Å². The zero-order valence-electron chi connectivity index (χ0n) is 21.6. The molecule has 0 spiro atoms. The van der Waals surface area contributed by atoms with Crippen LogP contribution in [0.2, 0.25) is 0 Å². The number of nitrogens with one attached hydrogen (secondary N) is 1. The lowest BCUT2D eigenvalue weighted by molar-refractivity contribution is 0.0994. The second kappa shape index (κ2) is 10.7. The van der Waals surface area contributed by atoms with Gasteiger partial charge in [-0.05, 0) is 49.6 Å². The molecule has 1 aromatic carbocycles. The van der Waals surface area contributed by atoms with Crippen molar-refractivity contribution in [3.05, 3.63) is 77.6 Å². The number of aryl methyl sites for hydroxylation is 3. The topological polar surface area (TPSA) is 111 Å². The van der Waals surface area contributed by atoms with Crippen LogP contribution in [0, 0.1) is 32.5 Å². The number of oxazole rings is 1. The lowest BCUT2D eigenvalue weighted by Gasteiger charge is -2.06. The number of benzene rings is 1. The maximum absolute atomic E-state index is 14.6. The van der Waals surface area contributed by atoms with Crippen LogP contribution in [0.4, 0.5) is 10.1 Å². The number of carbonyl (C=O) groups is 1. The van der Waals surface area contributed by atoms with E-state index in [1.165, 1.54) is 22.7 Å². The standard InChI is InChI=1S/C23H18FN7O2.C4H10/c1-12-5-4-8-25-19(12)15-10-26-23-29-21(30-31(23)11-15)17-9-16(6-7-18(17)24)28-22(32)20-13(2)27-14(3)33-20;1-4(2)3/h4-11H,1-3H3,(H,28,32);4H,1-3H3. The van der Waals surface area contributed by atoms with E-state index in [0.717, 1.165) is 22.7 Å². The van der Waals surface area contributed by atoms with Gasteiger partial charge in [0.2, 0.25) is 5.76 Å². The summed E-state index contributed by atoms with van der Waals surface area (Å²) < 4.78 is 21.5. The molecule has 0 saturated carbocycles. The van der Waals surface area contributed by atoms with Crippen molar-refractivity contribution >= 4 is 17.4 Å². The number of anilines is 1. The lowest BCUT2D eigenvalue weighted by atomic mass is 10.1. The van der Waals surface area contributed by atoms with E-state index in [9.17, 15) is 9.18 Å². The molecule has 1 N–H and O–H groups in total. The molecule has 0 aliphatic carbocycles. The summed E-state index contributed by atoms with van der Waals surface area (Å²) in [5.74, 6) is 0.758. The van der Waals surface area contributed by atoms with E-state index < -0.39 is 11.7 Å². The number of halogens is 1. The third kappa shape index (κ3) is 5.85. The van der Waals surface area contributed by atoms with Crippen molar-refractivity contribution in [3.8, 4) is 22.6 Å². The number of nitrogens with zero attached hydrogens (tertiary/aromatic N) is 6. The van der Waals surface area contributed by atoms with Gasteiger partial charge in [-0.2, -0.15) is 4.98 Å². The molecule has 37 heavy (non-hydrogen) atoms. The van der Waals surface area contributed by atoms with E-state index in [1.807, 2.05) is 19.1 Å². The molecular formula is C27H28FN7O2. The highest BCUT2D eigenvalue weighted by Gasteiger charge is 2.18. The van der Waals surface area contributed by atoms with Crippen LogP contribution >= 0.6 is 0 Å². The number of pyridine rings is 1. The molecule has 0 aliphatic heterocycles. The highest BCUT2D eigenvalue weighted by atomic mass is 19.1. The van der Waals surface area contributed by atoms with E-state index in [-0.39, 0.29) is 17.1 Å². The summed E-state index contributed by atoms with van der Waals surface area (Å²) in [5.41, 5.74) is 3.49. The van der Waals surface area contributed by atoms with E-state index >= 15 is 0 Å². The zero-order valence-corrected chi connectivity index (χ0v) is 21.6. The minimum Gasteiger partial charge on any atom is -0.436 e. The van der Waals surface area contributed by atoms with Crippen LogP contribution in [0.5, 0.6) is 0 Å². The Morgan fingerprint density at radius 1 is 1.08 bits per heavy atom. The summed E-state index contributed by atoms with van der Waals surface area (Å²) in [4.78, 5) is 29.7. The average molecular weight is 502 g/mol. The van der Waals surface area contributed by atoms with Crippen molar-refractivity contribution in [2.75, 3.05) is 5.32 Å². The monoisotopic (exact) mass is 501 g/mol. The number of rotatable bonds is 4. The van der Waals surface area contributed by atoms with Gasteiger partial charge in [-0.25, -0.2) is 18.9 Å². The number of carbonyl (C=O) groups excluding carboxylic acids is 1. The molecule has 10 heteroatoms. The smallest absolute Gasteiger partial charge is 0.293 e. The fraction of sp³-hybridized carbons (Fsp3) is 0.259. The highest BCUT2D eigenvalue weighted by Crippen LogP contribution is 2.26. The van der Waals surface area contributed by atoms with E-state index in [0.29, 0.717) is 23.0 Å². The molecule has 4 aromatic heterocycles. The predicted octanol–water partition coefficient (Wildman–Crippen LogP) is 5.82. The first-order valence-electron chi connectivity index (χ1n) is 11.8. The first-order valence-corrected chi connectivity index (χ1v) is 11.8. The molecular weight excluding hydrogens is 473 g/mol. The van der Waals surface area contributed by atoms with Crippen LogP contribution in [-0.2, 0) is 0 Å². The van der Waals surface area contributed by atoms with Gasteiger partial charge in [0.05, 0.1) is 17.0 Å². The van der Waals surface area contributed by atoms with Gasteiger partial charge in [0.1, 0.15) is 5.82 Å². The van der Waals surface area contributed by atoms with Crippen LogP contribution < -0.4 is 5.32 Å². The van der Waals surface area contributed by atoms with Gasteiger partial charge in [-0.3, -0.25) is 9.78 Å². The van der Waals surface area contributed by atoms with Crippen LogP contribution in [0.1, 0.15) is 48.5 Å². The Bertz CT molecular complexity index is 1570. The number of hydrogen-bond acceptors (Lipinski definition) is 7. The van der Waals surface area contributed by atoms with Crippen LogP contribution in [-0.4, -0.2) is 35.5 Å². The Morgan fingerprint density at radius 2 is 1.84 bits per heavy atom. The summed E-state index contributed by atoms with van der Waals surface area (Å²) in [7, 11) is 0. The molecule has 5 rings (SSSR count). The van der Waals surface area contributed by atoms with Crippen molar-refractivity contribution in [2.24, 2.45) is 5.92 Å². The van der Waals surface area contributed by atoms with Gasteiger partial charge in [0.25, 0.3) is 11.7 Å². The minimum atomic E-state index is -0.531. The van der Waals surface area contributed by atoms with Crippen molar-refractivity contribution < 1.29 is 13.6 Å². The Hall–Kier alpha value is -4.47. The first-order chi connectivity index (χ1) is 17.6. The summed E-state index contributed by atoms with van der Waals surface area (Å²) in [6.45, 7) is 11.8. The zero-order chi connectivity index (χ0) is 26.7. The summed E-state index contributed by atoms with van der Waals surface area (Å²) >= 11 is 0. The van der Waals surface area contributed by atoms with Crippen LogP contribution in [0.25, 0.3) is 28.4 Å². The summed E-state index contributed by atoms with van der Waals surface area (Å²) in [5, 5.41) is 7.08. The van der Waals surface area contributed by atoms with Crippen molar-refractivity contribution in [3.63, 3.8) is 0 Å². The Morgan fingerprint density at radius 3 is 2.51 bits per heavy atom. The van der Waals surface area contributed by atoms with Gasteiger partial charge >= 0.3 is 0 Å². The number of aromatic nitrogens is 6. The molecule has 9 nitrogen and oxygen atoms in total. The van der Waals surface area contributed by atoms with Gasteiger partial charge < -0.3 is 9.73 Å². The number of amides is 1. The predicted molar refractivity (Wildman–Crippen MR) is 139 cm³/mol. The molecule has 190 valence electrons. The van der Waals surface area contributed by atoms with Crippen molar-refractivity contribution in [1.82, 2.24) is 29.5 Å². The quantitative estimate of drug-likeness (QED) is 0.330. The molecule has 0 bridgehead atoms. The third-order valence-electron chi connectivity index (χ3n) is 5.05. The van der Waals surface area contributed by atoms with Gasteiger partial charge in [0, 0.05) is 36.8 Å². The highest BCUT2D eigenvalue weighted by molar-refractivity contribution is 6.03. The maximum atomic E-state index is 14.6.